The summed E-state index contributed by atoms with van der Waals surface area (Å²) in [6.07, 6.45) is 0. The summed E-state index contributed by atoms with van der Waals surface area (Å²) in [5, 5.41) is 11.2. The first-order chi connectivity index (χ1) is 6.07. The molecule has 2 amide bonds. The number of rotatable bonds is 1. The highest BCUT2D eigenvalue weighted by Crippen LogP contribution is 2.28. The van der Waals surface area contributed by atoms with Gasteiger partial charge in [-0.1, -0.05) is 0 Å². The summed E-state index contributed by atoms with van der Waals surface area (Å²) in [4.78, 5) is 23.4. The molecule has 2 atom stereocenters. The zero-order valence-corrected chi connectivity index (χ0v) is 8.30. The number of amides is 2. The first-order valence-corrected chi connectivity index (χ1v) is 4.97. The number of carboxylic acid groups (broad SMARTS) is 1. The van der Waals surface area contributed by atoms with Crippen LogP contribution in [0.3, 0.4) is 0 Å². The molecule has 13 heavy (non-hydrogen) atoms. The second-order valence-corrected chi connectivity index (χ2v) is 4.10. The van der Waals surface area contributed by atoms with Crippen molar-refractivity contribution in [2.24, 2.45) is 0 Å². The molecule has 6 heteroatoms. The van der Waals surface area contributed by atoms with Crippen molar-refractivity contribution in [3.05, 3.63) is 0 Å². The molecule has 0 saturated carbocycles. The lowest BCUT2D eigenvalue weighted by molar-refractivity contribution is -0.141. The zero-order valence-electron chi connectivity index (χ0n) is 7.48. The zero-order chi connectivity index (χ0) is 10.0. The molecule has 0 aromatic heterocycles. The number of carbonyl (C=O) groups is 2. The minimum atomic E-state index is -0.944. The van der Waals surface area contributed by atoms with E-state index in [1.54, 1.807) is 0 Å². The Labute approximate surface area is 80.5 Å². The van der Waals surface area contributed by atoms with E-state index in [1.165, 1.54) is 23.7 Å². The highest BCUT2D eigenvalue weighted by atomic mass is 32.2. The summed E-state index contributed by atoms with van der Waals surface area (Å²) in [5.41, 5.74) is 0. The van der Waals surface area contributed by atoms with Gasteiger partial charge in [0.05, 0.1) is 5.37 Å². The second-order valence-electron chi connectivity index (χ2n) is 2.75. The fourth-order valence-electron chi connectivity index (χ4n) is 1.27. The van der Waals surface area contributed by atoms with Crippen molar-refractivity contribution in [3.63, 3.8) is 0 Å². The van der Waals surface area contributed by atoms with Gasteiger partial charge < -0.3 is 10.4 Å². The molecule has 2 unspecified atom stereocenters. The standard InChI is InChI=1S/C7H12N2O3S/c1-4-9(7(12)8-2)5(3-13-4)6(10)11/h4-5H,3H2,1-2H3,(H,8,12)(H,10,11). The maximum atomic E-state index is 11.3. The third kappa shape index (κ3) is 1.88. The van der Waals surface area contributed by atoms with Crippen molar-refractivity contribution in [3.8, 4) is 0 Å². The molecule has 2 N–H and O–H groups in total. The van der Waals surface area contributed by atoms with Gasteiger partial charge in [0.2, 0.25) is 0 Å². The molecule has 0 aromatic rings. The van der Waals surface area contributed by atoms with E-state index in [-0.39, 0.29) is 11.4 Å². The predicted octanol–water partition coefficient (Wildman–Crippen LogP) is 0.174. The van der Waals surface area contributed by atoms with E-state index >= 15 is 0 Å². The Morgan fingerprint density at radius 2 is 2.23 bits per heavy atom. The van der Waals surface area contributed by atoms with Crippen molar-refractivity contribution >= 4 is 23.8 Å². The van der Waals surface area contributed by atoms with E-state index in [9.17, 15) is 9.59 Å². The van der Waals surface area contributed by atoms with Gasteiger partial charge in [0.1, 0.15) is 6.04 Å². The number of carbonyl (C=O) groups excluding carboxylic acids is 1. The molecule has 0 radical (unpaired) electrons. The van der Waals surface area contributed by atoms with Crippen molar-refractivity contribution in [2.75, 3.05) is 12.8 Å². The van der Waals surface area contributed by atoms with Crippen LogP contribution in [0.2, 0.25) is 0 Å². The van der Waals surface area contributed by atoms with E-state index in [2.05, 4.69) is 5.32 Å². The van der Waals surface area contributed by atoms with Crippen LogP contribution in [0.25, 0.3) is 0 Å². The highest BCUT2D eigenvalue weighted by Gasteiger charge is 2.38. The Balaban J connectivity index is 2.76. The molecule has 1 rings (SSSR count). The molecular formula is C7H12N2O3S. The number of aliphatic carboxylic acids is 1. The van der Waals surface area contributed by atoms with E-state index < -0.39 is 12.0 Å². The molecule has 5 nitrogen and oxygen atoms in total. The Bertz CT molecular complexity index is 234. The quantitative estimate of drug-likeness (QED) is 0.639. The van der Waals surface area contributed by atoms with Gasteiger partial charge >= 0.3 is 12.0 Å². The molecule has 0 bridgehead atoms. The molecule has 0 spiro atoms. The van der Waals surface area contributed by atoms with Gasteiger partial charge in [-0.05, 0) is 6.92 Å². The van der Waals surface area contributed by atoms with Crippen molar-refractivity contribution in [2.45, 2.75) is 18.3 Å². The van der Waals surface area contributed by atoms with E-state index in [4.69, 9.17) is 5.11 Å². The van der Waals surface area contributed by atoms with Gasteiger partial charge in [-0.15, -0.1) is 11.8 Å². The van der Waals surface area contributed by atoms with Gasteiger partial charge in [-0.25, -0.2) is 9.59 Å². The average molecular weight is 204 g/mol. The summed E-state index contributed by atoms with van der Waals surface area (Å²) < 4.78 is 0. The highest BCUT2D eigenvalue weighted by molar-refractivity contribution is 8.00. The van der Waals surface area contributed by atoms with Crippen LogP contribution in [-0.4, -0.2) is 46.2 Å². The topological polar surface area (TPSA) is 69.6 Å². The van der Waals surface area contributed by atoms with Crippen LogP contribution < -0.4 is 5.32 Å². The number of nitrogens with one attached hydrogen (secondary N) is 1. The van der Waals surface area contributed by atoms with Crippen LogP contribution in [0.4, 0.5) is 4.79 Å². The lowest BCUT2D eigenvalue weighted by atomic mass is 10.3. The molecule has 1 aliphatic rings. The summed E-state index contributed by atoms with van der Waals surface area (Å²) in [5.74, 6) is -0.482. The van der Waals surface area contributed by atoms with E-state index in [0.29, 0.717) is 5.75 Å². The van der Waals surface area contributed by atoms with Crippen LogP contribution in [0.15, 0.2) is 0 Å². The minimum absolute atomic E-state index is 0.0685. The Kier molecular flexibility index (Phi) is 3.02. The number of hydrogen-bond acceptors (Lipinski definition) is 3. The van der Waals surface area contributed by atoms with Crippen molar-refractivity contribution < 1.29 is 14.7 Å². The number of carboxylic acids is 1. The van der Waals surface area contributed by atoms with Gasteiger partial charge in [0.25, 0.3) is 0 Å². The molecule has 1 saturated heterocycles. The number of hydrogen-bond donors (Lipinski definition) is 2. The van der Waals surface area contributed by atoms with Gasteiger partial charge in [-0.3, -0.25) is 4.90 Å². The maximum Gasteiger partial charge on any atom is 0.327 e. The third-order valence-electron chi connectivity index (χ3n) is 1.96. The Morgan fingerprint density at radius 3 is 2.69 bits per heavy atom. The molecule has 1 aliphatic heterocycles. The molecule has 0 aromatic carbocycles. The van der Waals surface area contributed by atoms with Crippen LogP contribution in [0, 0.1) is 0 Å². The fraction of sp³-hybridized carbons (Fsp3) is 0.714. The van der Waals surface area contributed by atoms with Crippen molar-refractivity contribution in [1.82, 2.24) is 10.2 Å². The molecule has 0 aliphatic carbocycles. The lowest BCUT2D eigenvalue weighted by Gasteiger charge is -2.24. The fourth-order valence-corrected chi connectivity index (χ4v) is 2.44. The number of thioether (sulfide) groups is 1. The summed E-state index contributed by atoms with van der Waals surface area (Å²) in [7, 11) is 1.50. The molecule has 74 valence electrons. The van der Waals surface area contributed by atoms with E-state index in [1.807, 2.05) is 6.92 Å². The normalized spacial score (nSPS) is 27.4. The smallest absolute Gasteiger partial charge is 0.327 e. The summed E-state index contributed by atoms with van der Waals surface area (Å²) in [6, 6.07) is -1.02. The van der Waals surface area contributed by atoms with Gasteiger partial charge in [0, 0.05) is 12.8 Å². The first-order valence-electron chi connectivity index (χ1n) is 3.92. The van der Waals surface area contributed by atoms with E-state index in [0.717, 1.165) is 0 Å². The van der Waals surface area contributed by atoms with Crippen LogP contribution in [0.5, 0.6) is 0 Å². The van der Waals surface area contributed by atoms with Crippen LogP contribution >= 0.6 is 11.8 Å². The largest absolute Gasteiger partial charge is 0.480 e. The summed E-state index contributed by atoms with van der Waals surface area (Å²) >= 11 is 1.47. The lowest BCUT2D eigenvalue weighted by Crippen LogP contribution is -2.48. The summed E-state index contributed by atoms with van der Waals surface area (Å²) in [6.45, 7) is 1.82. The third-order valence-corrected chi connectivity index (χ3v) is 3.17. The minimum Gasteiger partial charge on any atom is -0.480 e. The maximum absolute atomic E-state index is 11.3. The number of urea groups is 1. The first kappa shape index (κ1) is 10.2. The van der Waals surface area contributed by atoms with Gasteiger partial charge in [-0.2, -0.15) is 0 Å². The van der Waals surface area contributed by atoms with Crippen molar-refractivity contribution in [1.29, 1.82) is 0 Å². The predicted molar refractivity (Wildman–Crippen MR) is 49.6 cm³/mol. The molecule has 1 fully saturated rings. The molecular weight excluding hydrogens is 192 g/mol. The second kappa shape index (κ2) is 3.87. The SMILES string of the molecule is CNC(=O)N1C(C)SCC1C(=O)O. The average Bonchev–Trinajstić information content (AvgIpc) is 2.46. The monoisotopic (exact) mass is 204 g/mol. The van der Waals surface area contributed by atoms with Crippen LogP contribution in [-0.2, 0) is 4.79 Å². The molecule has 1 heterocycles. The van der Waals surface area contributed by atoms with Gasteiger partial charge in [0.15, 0.2) is 0 Å². The number of nitrogens with zero attached hydrogens (tertiary/aromatic N) is 1. The Hall–Kier alpha value is -0.910. The van der Waals surface area contributed by atoms with Crippen LogP contribution in [0.1, 0.15) is 6.92 Å². The Morgan fingerprint density at radius 1 is 1.62 bits per heavy atom.